The van der Waals surface area contributed by atoms with Crippen molar-refractivity contribution in [1.82, 2.24) is 25.2 Å². The summed E-state index contributed by atoms with van der Waals surface area (Å²) in [4.78, 5) is 29.4. The number of amides is 1. The number of thiazole rings is 1. The lowest BCUT2D eigenvalue weighted by Gasteiger charge is -2.32. The minimum Gasteiger partial charge on any atom is -0.352 e. The Balaban J connectivity index is 1.29. The van der Waals surface area contributed by atoms with Crippen molar-refractivity contribution in [3.8, 4) is 0 Å². The molecule has 156 valence electrons. The van der Waals surface area contributed by atoms with E-state index in [-0.39, 0.29) is 5.91 Å². The Kier molecular flexibility index (Phi) is 6.81. The molecule has 3 aromatic rings. The second-order valence-corrected chi connectivity index (χ2v) is 9.06. The van der Waals surface area contributed by atoms with Gasteiger partial charge >= 0.3 is 0 Å². The molecule has 1 atom stereocenters. The fraction of sp³-hybridized carbons (Fsp3) is 0.391. The molecule has 1 fully saturated rings. The van der Waals surface area contributed by atoms with E-state index >= 15 is 0 Å². The highest BCUT2D eigenvalue weighted by atomic mass is 32.1. The van der Waals surface area contributed by atoms with E-state index in [2.05, 4.69) is 31.2 Å². The van der Waals surface area contributed by atoms with Gasteiger partial charge in [0.1, 0.15) is 0 Å². The predicted molar refractivity (Wildman–Crippen MR) is 119 cm³/mol. The third-order valence-corrected chi connectivity index (χ3v) is 6.35. The van der Waals surface area contributed by atoms with Crippen molar-refractivity contribution in [1.29, 1.82) is 0 Å². The number of aryl methyl sites for hydroxylation is 1. The summed E-state index contributed by atoms with van der Waals surface area (Å²) < 4.78 is 0. The largest absolute Gasteiger partial charge is 0.352 e. The molecule has 0 spiro atoms. The first-order valence-corrected chi connectivity index (χ1v) is 11.3. The lowest BCUT2D eigenvalue weighted by atomic mass is 9.94. The molecule has 1 amide bonds. The molecule has 4 heterocycles. The highest BCUT2D eigenvalue weighted by Gasteiger charge is 2.23. The van der Waals surface area contributed by atoms with Crippen molar-refractivity contribution < 1.29 is 4.79 Å². The summed E-state index contributed by atoms with van der Waals surface area (Å²) >= 11 is 1.67. The zero-order valence-corrected chi connectivity index (χ0v) is 18.1. The fourth-order valence-corrected chi connectivity index (χ4v) is 4.63. The minimum atomic E-state index is -0.0808. The predicted octanol–water partition coefficient (Wildman–Crippen LogP) is 3.59. The van der Waals surface area contributed by atoms with Crippen LogP contribution in [0.1, 0.15) is 50.4 Å². The number of nitrogens with one attached hydrogen (secondary N) is 1. The summed E-state index contributed by atoms with van der Waals surface area (Å²) in [6.45, 7) is 5.56. The first-order chi connectivity index (χ1) is 14.7. The summed E-state index contributed by atoms with van der Waals surface area (Å²) in [6.07, 6.45) is 8.45. The van der Waals surface area contributed by atoms with E-state index in [0.29, 0.717) is 18.0 Å². The zero-order chi connectivity index (χ0) is 20.8. The van der Waals surface area contributed by atoms with Gasteiger partial charge in [-0.1, -0.05) is 6.07 Å². The van der Waals surface area contributed by atoms with Crippen LogP contribution >= 0.6 is 11.3 Å². The van der Waals surface area contributed by atoms with Crippen LogP contribution in [0.5, 0.6) is 0 Å². The molecule has 1 unspecified atom stereocenters. The Morgan fingerprint density at radius 1 is 1.20 bits per heavy atom. The standard InChI is InChI=1S/C23H27N5OS/c1-17-13-27-22(30-17)9-11-25-23(29)18-7-8-21(26-14-18)19-5-4-12-28(15-19)16-20-6-2-3-10-24-20/h2-3,6-8,10,13-14,19H,4-5,9,11-12,15-16H2,1H3,(H,25,29). The number of rotatable bonds is 7. The molecule has 1 aliphatic rings. The molecule has 7 heteroatoms. The average Bonchev–Trinajstić information content (AvgIpc) is 3.20. The Labute approximate surface area is 181 Å². The minimum absolute atomic E-state index is 0.0808. The average molecular weight is 422 g/mol. The summed E-state index contributed by atoms with van der Waals surface area (Å²) in [5, 5.41) is 4.01. The molecular weight excluding hydrogens is 394 g/mol. The molecule has 1 saturated heterocycles. The third kappa shape index (κ3) is 5.49. The molecule has 30 heavy (non-hydrogen) atoms. The highest BCUT2D eigenvalue weighted by Crippen LogP contribution is 2.26. The van der Waals surface area contributed by atoms with Crippen molar-refractivity contribution in [2.75, 3.05) is 19.6 Å². The van der Waals surface area contributed by atoms with Gasteiger partial charge in [-0.25, -0.2) is 4.98 Å². The number of hydrogen-bond acceptors (Lipinski definition) is 6. The number of piperidine rings is 1. The highest BCUT2D eigenvalue weighted by molar-refractivity contribution is 7.11. The van der Waals surface area contributed by atoms with E-state index in [1.54, 1.807) is 17.5 Å². The fourth-order valence-electron chi connectivity index (χ4n) is 3.84. The molecular formula is C23H27N5OS. The second kappa shape index (κ2) is 9.91. The molecule has 1 aliphatic heterocycles. The second-order valence-electron chi connectivity index (χ2n) is 7.74. The lowest BCUT2D eigenvalue weighted by Crippen LogP contribution is -2.34. The topological polar surface area (TPSA) is 71.0 Å². The molecule has 3 aromatic heterocycles. The van der Waals surface area contributed by atoms with Crippen LogP contribution in [-0.2, 0) is 13.0 Å². The van der Waals surface area contributed by atoms with Gasteiger partial charge in [0.15, 0.2) is 0 Å². The number of carbonyl (C=O) groups is 1. The number of carbonyl (C=O) groups excluding carboxylic acids is 1. The maximum atomic E-state index is 12.4. The molecule has 0 radical (unpaired) electrons. The number of aromatic nitrogens is 3. The number of pyridine rings is 2. The van der Waals surface area contributed by atoms with Crippen LogP contribution < -0.4 is 5.32 Å². The van der Waals surface area contributed by atoms with Gasteiger partial charge in [0.25, 0.3) is 5.91 Å². The van der Waals surface area contributed by atoms with E-state index in [1.165, 1.54) is 4.88 Å². The molecule has 4 rings (SSSR count). The van der Waals surface area contributed by atoms with Crippen molar-refractivity contribution in [2.24, 2.45) is 0 Å². The van der Waals surface area contributed by atoms with Crippen molar-refractivity contribution in [2.45, 2.75) is 38.6 Å². The van der Waals surface area contributed by atoms with Gasteiger partial charge in [0, 0.05) is 61.1 Å². The van der Waals surface area contributed by atoms with E-state index in [0.717, 1.165) is 55.3 Å². The first-order valence-electron chi connectivity index (χ1n) is 10.4. The summed E-state index contributed by atoms with van der Waals surface area (Å²) in [7, 11) is 0. The Morgan fingerprint density at radius 3 is 2.87 bits per heavy atom. The first kappa shape index (κ1) is 20.6. The van der Waals surface area contributed by atoms with E-state index < -0.39 is 0 Å². The van der Waals surface area contributed by atoms with Gasteiger partial charge in [-0.15, -0.1) is 11.3 Å². The molecule has 0 aromatic carbocycles. The van der Waals surface area contributed by atoms with Crippen molar-refractivity contribution >= 4 is 17.2 Å². The number of nitrogens with zero attached hydrogens (tertiary/aromatic N) is 4. The maximum Gasteiger partial charge on any atom is 0.252 e. The monoisotopic (exact) mass is 421 g/mol. The van der Waals surface area contributed by atoms with Crippen LogP contribution in [0.2, 0.25) is 0 Å². The molecule has 0 saturated carbocycles. The van der Waals surface area contributed by atoms with E-state index in [4.69, 9.17) is 0 Å². The quantitative estimate of drug-likeness (QED) is 0.631. The van der Waals surface area contributed by atoms with Crippen molar-refractivity contribution in [3.63, 3.8) is 0 Å². The summed E-state index contributed by atoms with van der Waals surface area (Å²) in [6, 6.07) is 9.96. The Hall–Kier alpha value is -2.64. The van der Waals surface area contributed by atoms with Gasteiger partial charge in [0.05, 0.1) is 16.3 Å². The molecule has 1 N–H and O–H groups in total. The SMILES string of the molecule is Cc1cnc(CCNC(=O)c2ccc(C3CCCN(Cc4ccccn4)C3)nc2)s1. The van der Waals surface area contributed by atoms with E-state index in [1.807, 2.05) is 43.6 Å². The Morgan fingerprint density at radius 2 is 2.13 bits per heavy atom. The summed E-state index contributed by atoms with van der Waals surface area (Å²) in [5.74, 6) is 0.315. The third-order valence-electron chi connectivity index (χ3n) is 5.38. The smallest absolute Gasteiger partial charge is 0.252 e. The van der Waals surface area contributed by atoms with Crippen LogP contribution in [0.15, 0.2) is 48.9 Å². The van der Waals surface area contributed by atoms with Crippen LogP contribution in [0.3, 0.4) is 0 Å². The van der Waals surface area contributed by atoms with Crippen LogP contribution in [0, 0.1) is 6.92 Å². The molecule has 0 aliphatic carbocycles. The molecule has 0 bridgehead atoms. The number of likely N-dealkylation sites (tertiary alicyclic amines) is 1. The zero-order valence-electron chi connectivity index (χ0n) is 17.3. The summed E-state index contributed by atoms with van der Waals surface area (Å²) in [5.41, 5.74) is 2.77. The van der Waals surface area contributed by atoms with Gasteiger partial charge in [-0.3, -0.25) is 19.7 Å². The molecule has 6 nitrogen and oxygen atoms in total. The van der Waals surface area contributed by atoms with Gasteiger partial charge < -0.3 is 5.32 Å². The Bertz CT molecular complexity index is 957. The van der Waals surface area contributed by atoms with Crippen LogP contribution in [0.4, 0.5) is 0 Å². The number of hydrogen-bond donors (Lipinski definition) is 1. The van der Waals surface area contributed by atoms with Gasteiger partial charge in [0.2, 0.25) is 0 Å². The van der Waals surface area contributed by atoms with Gasteiger partial charge in [-0.2, -0.15) is 0 Å². The lowest BCUT2D eigenvalue weighted by molar-refractivity contribution is 0.0953. The van der Waals surface area contributed by atoms with E-state index in [9.17, 15) is 4.79 Å². The maximum absolute atomic E-state index is 12.4. The van der Waals surface area contributed by atoms with Crippen LogP contribution in [0.25, 0.3) is 0 Å². The van der Waals surface area contributed by atoms with Crippen molar-refractivity contribution in [3.05, 3.63) is 75.8 Å². The van der Waals surface area contributed by atoms with Gasteiger partial charge in [-0.05, 0) is 50.6 Å². The normalized spacial score (nSPS) is 17.0. The van der Waals surface area contributed by atoms with Crippen LogP contribution in [-0.4, -0.2) is 45.4 Å².